The third-order valence-corrected chi connectivity index (χ3v) is 4.21. The monoisotopic (exact) mass is 279 g/mol. The molecule has 5 nitrogen and oxygen atoms in total. The predicted octanol–water partition coefficient (Wildman–Crippen LogP) is 2.69. The van der Waals surface area contributed by atoms with Gasteiger partial charge in [-0.3, -0.25) is 4.79 Å². The third kappa shape index (κ3) is 2.68. The molecule has 2 rings (SSSR count). The van der Waals surface area contributed by atoms with Gasteiger partial charge in [0, 0.05) is 12.6 Å². The first-order valence-electron chi connectivity index (χ1n) is 6.21. The lowest BCUT2D eigenvalue weighted by Gasteiger charge is -2.28. The van der Waals surface area contributed by atoms with Crippen LogP contribution in [0, 0.1) is 6.92 Å². The van der Waals surface area contributed by atoms with Crippen LogP contribution in [0.25, 0.3) is 10.2 Å². The number of hydrogen-bond acceptors (Lipinski definition) is 5. The largest absolute Gasteiger partial charge is 0.481 e. The van der Waals surface area contributed by atoms with Crippen LogP contribution in [0.15, 0.2) is 11.7 Å². The Kier molecular flexibility index (Phi) is 3.99. The SMILES string of the molecule is CCN(c1ncnc2c(C)csc12)C(C)CC(=O)O. The minimum Gasteiger partial charge on any atom is -0.481 e. The maximum Gasteiger partial charge on any atom is 0.305 e. The summed E-state index contributed by atoms with van der Waals surface area (Å²) in [4.78, 5) is 21.5. The van der Waals surface area contributed by atoms with Gasteiger partial charge < -0.3 is 10.0 Å². The topological polar surface area (TPSA) is 66.3 Å². The van der Waals surface area contributed by atoms with Crippen molar-refractivity contribution in [3.05, 3.63) is 17.3 Å². The van der Waals surface area contributed by atoms with E-state index in [9.17, 15) is 4.79 Å². The van der Waals surface area contributed by atoms with Gasteiger partial charge in [-0.05, 0) is 31.7 Å². The molecule has 0 saturated carbocycles. The molecule has 2 heterocycles. The number of aromatic nitrogens is 2. The first-order valence-corrected chi connectivity index (χ1v) is 7.09. The summed E-state index contributed by atoms with van der Waals surface area (Å²) in [6.07, 6.45) is 1.65. The minimum absolute atomic E-state index is 0.0944. The normalized spacial score (nSPS) is 12.6. The van der Waals surface area contributed by atoms with Crippen LogP contribution >= 0.6 is 11.3 Å². The van der Waals surface area contributed by atoms with Gasteiger partial charge in [-0.2, -0.15) is 0 Å². The average molecular weight is 279 g/mol. The number of anilines is 1. The lowest BCUT2D eigenvalue weighted by Crippen LogP contribution is -2.35. The predicted molar refractivity (Wildman–Crippen MR) is 76.9 cm³/mol. The Morgan fingerprint density at radius 2 is 2.26 bits per heavy atom. The number of carboxylic acid groups (broad SMARTS) is 1. The molecule has 1 N–H and O–H groups in total. The van der Waals surface area contributed by atoms with E-state index in [1.807, 2.05) is 25.7 Å². The van der Waals surface area contributed by atoms with Crippen molar-refractivity contribution in [1.82, 2.24) is 9.97 Å². The molecule has 2 aromatic heterocycles. The molecule has 0 bridgehead atoms. The highest BCUT2D eigenvalue weighted by molar-refractivity contribution is 7.18. The second kappa shape index (κ2) is 5.52. The van der Waals surface area contributed by atoms with Crippen LogP contribution in [0.3, 0.4) is 0 Å². The van der Waals surface area contributed by atoms with Gasteiger partial charge in [-0.1, -0.05) is 0 Å². The van der Waals surface area contributed by atoms with E-state index in [-0.39, 0.29) is 12.5 Å². The van der Waals surface area contributed by atoms with Gasteiger partial charge in [0.15, 0.2) is 0 Å². The highest BCUT2D eigenvalue weighted by atomic mass is 32.1. The van der Waals surface area contributed by atoms with E-state index in [0.29, 0.717) is 0 Å². The van der Waals surface area contributed by atoms with Crippen LogP contribution in [0.2, 0.25) is 0 Å². The van der Waals surface area contributed by atoms with Gasteiger partial charge in [-0.15, -0.1) is 11.3 Å². The second-order valence-electron chi connectivity index (χ2n) is 4.53. The fraction of sp³-hybridized carbons (Fsp3) is 0.462. The smallest absolute Gasteiger partial charge is 0.305 e. The van der Waals surface area contributed by atoms with Gasteiger partial charge in [0.05, 0.1) is 16.6 Å². The first kappa shape index (κ1) is 13.7. The van der Waals surface area contributed by atoms with Gasteiger partial charge in [0.25, 0.3) is 0 Å². The molecule has 1 unspecified atom stereocenters. The summed E-state index contributed by atoms with van der Waals surface area (Å²) in [5, 5.41) is 11.0. The molecule has 0 radical (unpaired) electrons. The summed E-state index contributed by atoms with van der Waals surface area (Å²) in [7, 11) is 0. The number of hydrogen-bond donors (Lipinski definition) is 1. The Morgan fingerprint density at radius 1 is 1.53 bits per heavy atom. The summed E-state index contributed by atoms with van der Waals surface area (Å²) < 4.78 is 1.03. The van der Waals surface area contributed by atoms with Crippen molar-refractivity contribution >= 4 is 33.3 Å². The van der Waals surface area contributed by atoms with Crippen molar-refractivity contribution in [2.24, 2.45) is 0 Å². The molecule has 0 spiro atoms. The lowest BCUT2D eigenvalue weighted by molar-refractivity contribution is -0.137. The first-order chi connectivity index (χ1) is 9.04. The number of aryl methyl sites for hydroxylation is 1. The van der Waals surface area contributed by atoms with Crippen molar-refractivity contribution in [2.75, 3.05) is 11.4 Å². The van der Waals surface area contributed by atoms with Crippen LogP contribution in [-0.2, 0) is 4.79 Å². The molecule has 0 aliphatic rings. The van der Waals surface area contributed by atoms with E-state index in [1.54, 1.807) is 17.7 Å². The lowest BCUT2D eigenvalue weighted by atomic mass is 10.2. The van der Waals surface area contributed by atoms with E-state index in [0.717, 1.165) is 28.1 Å². The molecule has 19 heavy (non-hydrogen) atoms. The molecule has 1 atom stereocenters. The Labute approximate surface area is 115 Å². The molecular weight excluding hydrogens is 262 g/mol. The van der Waals surface area contributed by atoms with Gasteiger partial charge >= 0.3 is 5.97 Å². The Balaban J connectivity index is 2.43. The van der Waals surface area contributed by atoms with Crippen molar-refractivity contribution in [3.63, 3.8) is 0 Å². The fourth-order valence-corrected chi connectivity index (χ4v) is 3.20. The summed E-state index contributed by atoms with van der Waals surface area (Å²) >= 11 is 1.61. The number of carboxylic acids is 1. The summed E-state index contributed by atoms with van der Waals surface area (Å²) in [5.74, 6) is 0.0398. The van der Waals surface area contributed by atoms with Crippen LogP contribution in [0.4, 0.5) is 5.82 Å². The molecular formula is C13H17N3O2S. The van der Waals surface area contributed by atoms with E-state index < -0.39 is 5.97 Å². The third-order valence-electron chi connectivity index (χ3n) is 3.13. The minimum atomic E-state index is -0.793. The van der Waals surface area contributed by atoms with Crippen LogP contribution in [0.5, 0.6) is 0 Å². The van der Waals surface area contributed by atoms with Gasteiger partial charge in [0.1, 0.15) is 12.1 Å². The number of nitrogens with zero attached hydrogens (tertiary/aromatic N) is 3. The number of aliphatic carboxylic acids is 1. The number of carbonyl (C=O) groups is 1. The zero-order valence-corrected chi connectivity index (χ0v) is 12.1. The molecule has 2 aromatic rings. The van der Waals surface area contributed by atoms with Crippen LogP contribution < -0.4 is 4.90 Å². The molecule has 0 saturated heterocycles. The summed E-state index contributed by atoms with van der Waals surface area (Å²) in [6.45, 7) is 6.66. The molecule has 6 heteroatoms. The highest BCUT2D eigenvalue weighted by Gasteiger charge is 2.20. The van der Waals surface area contributed by atoms with Crippen molar-refractivity contribution in [2.45, 2.75) is 33.2 Å². The van der Waals surface area contributed by atoms with Crippen LogP contribution in [0.1, 0.15) is 25.8 Å². The second-order valence-corrected chi connectivity index (χ2v) is 5.41. The fourth-order valence-electron chi connectivity index (χ4n) is 2.19. The highest BCUT2D eigenvalue weighted by Crippen LogP contribution is 2.31. The molecule has 0 fully saturated rings. The molecule has 102 valence electrons. The van der Waals surface area contributed by atoms with Crippen molar-refractivity contribution in [3.8, 4) is 0 Å². The zero-order chi connectivity index (χ0) is 14.0. The zero-order valence-electron chi connectivity index (χ0n) is 11.3. The standard InChI is InChI=1S/C13H17N3O2S/c1-4-16(9(3)5-10(17)18)13-12-11(14-7-15-13)8(2)6-19-12/h6-7,9H,4-5H2,1-3H3,(H,17,18). The average Bonchev–Trinajstić information content (AvgIpc) is 2.72. The van der Waals surface area contributed by atoms with E-state index >= 15 is 0 Å². The summed E-state index contributed by atoms with van der Waals surface area (Å²) in [5.41, 5.74) is 2.08. The molecule has 0 aliphatic heterocycles. The molecule has 0 aliphatic carbocycles. The Morgan fingerprint density at radius 3 is 2.89 bits per heavy atom. The summed E-state index contributed by atoms with van der Waals surface area (Å²) in [6, 6.07) is -0.0944. The van der Waals surface area contributed by atoms with Gasteiger partial charge in [-0.25, -0.2) is 9.97 Å². The number of fused-ring (bicyclic) bond motifs is 1. The van der Waals surface area contributed by atoms with E-state index in [2.05, 4.69) is 15.3 Å². The maximum absolute atomic E-state index is 10.9. The quantitative estimate of drug-likeness (QED) is 0.911. The van der Waals surface area contributed by atoms with E-state index in [4.69, 9.17) is 5.11 Å². The number of thiophene rings is 1. The molecule has 0 amide bonds. The van der Waals surface area contributed by atoms with E-state index in [1.165, 1.54) is 0 Å². The maximum atomic E-state index is 10.9. The van der Waals surface area contributed by atoms with Crippen molar-refractivity contribution in [1.29, 1.82) is 0 Å². The van der Waals surface area contributed by atoms with Gasteiger partial charge in [0.2, 0.25) is 0 Å². The van der Waals surface area contributed by atoms with Crippen molar-refractivity contribution < 1.29 is 9.90 Å². The van der Waals surface area contributed by atoms with Crippen LogP contribution in [-0.4, -0.2) is 33.6 Å². The molecule has 0 aromatic carbocycles. The Hall–Kier alpha value is -1.69. The Bertz CT molecular complexity index is 597. The number of rotatable bonds is 5.